The highest BCUT2D eigenvalue weighted by atomic mass is 32.2. The molecular formula is C40H44N6O5S. The van der Waals surface area contributed by atoms with Crippen LogP contribution in [0.1, 0.15) is 32.0 Å². The summed E-state index contributed by atoms with van der Waals surface area (Å²) in [6, 6.07) is 19.4. The van der Waals surface area contributed by atoms with Gasteiger partial charge in [0, 0.05) is 61.4 Å². The molecule has 2 aliphatic rings. The van der Waals surface area contributed by atoms with Gasteiger partial charge in [-0.1, -0.05) is 57.2 Å². The Balaban J connectivity index is 1.14. The number of hydrogen-bond donors (Lipinski definition) is 3. The molecule has 2 saturated heterocycles. The Labute approximate surface area is 307 Å². The van der Waals surface area contributed by atoms with Gasteiger partial charge < -0.3 is 30.3 Å². The zero-order chi connectivity index (χ0) is 36.4. The van der Waals surface area contributed by atoms with Crippen LogP contribution in [-0.2, 0) is 16.7 Å². The topological polar surface area (TPSA) is 125 Å². The molecule has 0 unspecified atom stereocenters. The van der Waals surface area contributed by atoms with Crippen molar-refractivity contribution in [1.82, 2.24) is 9.88 Å². The summed E-state index contributed by atoms with van der Waals surface area (Å²) in [4.78, 5) is 48.4. The molecule has 0 spiro atoms. The molecule has 270 valence electrons. The summed E-state index contributed by atoms with van der Waals surface area (Å²) in [5.41, 5.74) is 4.81. The number of rotatable bonds is 9. The van der Waals surface area contributed by atoms with Crippen LogP contribution in [0.3, 0.4) is 0 Å². The van der Waals surface area contributed by atoms with E-state index in [1.165, 1.54) is 7.11 Å². The lowest BCUT2D eigenvalue weighted by molar-refractivity contribution is 0.0336. The van der Waals surface area contributed by atoms with Crippen LogP contribution in [0, 0.1) is 0 Å². The second-order valence-corrected chi connectivity index (χ2v) is 15.4. The van der Waals surface area contributed by atoms with Gasteiger partial charge >= 0.3 is 6.03 Å². The van der Waals surface area contributed by atoms with E-state index >= 15 is 0 Å². The number of ether oxygens (including phenoxy) is 2. The van der Waals surface area contributed by atoms with Crippen molar-refractivity contribution in [3.05, 3.63) is 98.6 Å². The Kier molecular flexibility index (Phi) is 10.2. The van der Waals surface area contributed by atoms with Crippen LogP contribution in [0.5, 0.6) is 5.75 Å². The lowest BCUT2D eigenvalue weighted by atomic mass is 9.86. The molecule has 3 heterocycles. The van der Waals surface area contributed by atoms with E-state index in [0.29, 0.717) is 41.6 Å². The number of carbonyl (C=O) groups is 1. The van der Waals surface area contributed by atoms with Crippen LogP contribution in [0.25, 0.3) is 21.9 Å². The first-order valence-corrected chi connectivity index (χ1v) is 18.8. The molecule has 7 rings (SSSR count). The second-order valence-electron chi connectivity index (χ2n) is 14.2. The van der Waals surface area contributed by atoms with Crippen LogP contribution in [0.4, 0.5) is 33.2 Å². The maximum absolute atomic E-state index is 13.7. The lowest BCUT2D eigenvalue weighted by Crippen LogP contribution is -2.45. The zero-order valence-electron chi connectivity index (χ0n) is 30.0. The lowest BCUT2D eigenvalue weighted by Gasteiger charge is -2.31. The fourth-order valence-corrected chi connectivity index (χ4v) is 7.69. The van der Waals surface area contributed by atoms with Gasteiger partial charge in [0.1, 0.15) is 11.4 Å². The number of hydrogen-bond acceptors (Lipinski definition) is 10. The monoisotopic (exact) mass is 720 g/mol. The number of nitrogens with zero attached hydrogens (tertiary/aromatic N) is 3. The molecule has 52 heavy (non-hydrogen) atoms. The molecule has 0 saturated carbocycles. The number of urea groups is 1. The third-order valence-corrected chi connectivity index (χ3v) is 10.6. The Hall–Kier alpha value is -4.91. The minimum atomic E-state index is -0.557. The maximum Gasteiger partial charge on any atom is 0.323 e. The van der Waals surface area contributed by atoms with E-state index in [1.54, 1.807) is 0 Å². The zero-order valence-corrected chi connectivity index (χ0v) is 30.8. The van der Waals surface area contributed by atoms with E-state index in [-0.39, 0.29) is 11.1 Å². The van der Waals surface area contributed by atoms with E-state index < -0.39 is 16.9 Å². The SMILES string of the molecule is COc1c(NC(=O)Nc2ccc(-c3ccc(CN4CCOCC4)nc3)c3ccccc23)cc(C(C)(C)C)cc1Nc1c(N2CCSCC2)c(=O)c1=O. The minimum Gasteiger partial charge on any atom is -0.492 e. The van der Waals surface area contributed by atoms with Crippen LogP contribution < -0.4 is 36.4 Å². The van der Waals surface area contributed by atoms with Gasteiger partial charge in [-0.2, -0.15) is 11.8 Å². The fourth-order valence-electron chi connectivity index (χ4n) is 6.79. The van der Waals surface area contributed by atoms with Gasteiger partial charge in [0.2, 0.25) is 0 Å². The molecule has 5 aromatic rings. The average Bonchev–Trinajstić information content (AvgIpc) is 3.15. The number of fused-ring (bicyclic) bond motifs is 1. The number of methoxy groups -OCH3 is 1. The number of morpholine rings is 1. The van der Waals surface area contributed by atoms with Crippen molar-refractivity contribution < 1.29 is 14.3 Å². The van der Waals surface area contributed by atoms with Crippen LogP contribution in [0.2, 0.25) is 0 Å². The van der Waals surface area contributed by atoms with Gasteiger partial charge in [0.15, 0.2) is 5.75 Å². The third kappa shape index (κ3) is 7.37. The Bertz CT molecular complexity index is 2160. The summed E-state index contributed by atoms with van der Waals surface area (Å²) in [6.07, 6.45) is 1.91. The van der Waals surface area contributed by atoms with E-state index in [9.17, 15) is 14.4 Å². The maximum atomic E-state index is 13.7. The van der Waals surface area contributed by atoms with E-state index in [4.69, 9.17) is 14.5 Å². The van der Waals surface area contributed by atoms with Gasteiger partial charge in [-0.25, -0.2) is 4.79 Å². The molecule has 2 aliphatic heterocycles. The van der Waals surface area contributed by atoms with Crippen molar-refractivity contribution in [2.45, 2.75) is 32.7 Å². The van der Waals surface area contributed by atoms with Crippen molar-refractivity contribution in [2.75, 3.05) is 78.9 Å². The molecule has 0 aliphatic carbocycles. The smallest absolute Gasteiger partial charge is 0.323 e. The van der Waals surface area contributed by atoms with Crippen LogP contribution >= 0.6 is 11.8 Å². The molecule has 0 bridgehead atoms. The third-order valence-electron chi connectivity index (χ3n) is 9.68. The number of thioether (sulfide) groups is 1. The van der Waals surface area contributed by atoms with Gasteiger partial charge in [0.25, 0.3) is 10.9 Å². The summed E-state index contributed by atoms with van der Waals surface area (Å²) < 4.78 is 11.3. The van der Waals surface area contributed by atoms with Crippen molar-refractivity contribution in [1.29, 1.82) is 0 Å². The summed E-state index contributed by atoms with van der Waals surface area (Å²) in [5.74, 6) is 2.13. The molecule has 12 heteroatoms. The molecule has 0 radical (unpaired) electrons. The minimum absolute atomic E-state index is 0.255. The van der Waals surface area contributed by atoms with E-state index in [1.807, 2.05) is 71.4 Å². The summed E-state index contributed by atoms with van der Waals surface area (Å²) in [6.45, 7) is 11.7. The number of amides is 2. The molecule has 1 aromatic heterocycles. The highest BCUT2D eigenvalue weighted by molar-refractivity contribution is 7.99. The Morgan fingerprint density at radius 3 is 2.29 bits per heavy atom. The first kappa shape index (κ1) is 35.5. The largest absolute Gasteiger partial charge is 0.492 e. The molecule has 4 aromatic carbocycles. The number of anilines is 5. The predicted octanol–water partition coefficient (Wildman–Crippen LogP) is 6.58. The fraction of sp³-hybridized carbons (Fsp3) is 0.350. The molecular weight excluding hydrogens is 677 g/mol. The van der Waals surface area contributed by atoms with Crippen molar-refractivity contribution >= 4 is 57.0 Å². The average molecular weight is 721 g/mol. The highest BCUT2D eigenvalue weighted by Crippen LogP contribution is 2.41. The van der Waals surface area contributed by atoms with Gasteiger partial charge in [0.05, 0.1) is 43.1 Å². The normalized spacial score (nSPS) is 15.5. The Morgan fingerprint density at radius 2 is 1.60 bits per heavy atom. The molecule has 11 nitrogen and oxygen atoms in total. The first-order valence-electron chi connectivity index (χ1n) is 17.6. The number of carbonyl (C=O) groups excluding carboxylic acids is 1. The summed E-state index contributed by atoms with van der Waals surface area (Å²) >= 11 is 1.83. The van der Waals surface area contributed by atoms with Gasteiger partial charge in [-0.15, -0.1) is 0 Å². The molecule has 0 atom stereocenters. The van der Waals surface area contributed by atoms with E-state index in [0.717, 1.165) is 77.5 Å². The standard InChI is InChI=1S/C40H44N6O5S/c1-40(2,3)26-21-32(42-34-35(37(48)36(34)47)46-15-19-52-20-16-46)38(50-4)33(22-26)44-39(49)43-31-12-11-28(29-7-5-6-8-30(29)31)25-9-10-27(41-23-25)24-45-13-17-51-18-14-45/h5-12,21-23,42H,13-20,24H2,1-4H3,(H2,43,44,49). The first-order chi connectivity index (χ1) is 25.1. The predicted molar refractivity (Wildman–Crippen MR) is 212 cm³/mol. The number of benzene rings is 3. The van der Waals surface area contributed by atoms with E-state index in [2.05, 4.69) is 53.8 Å². The Morgan fingerprint density at radius 1 is 0.885 bits per heavy atom. The second kappa shape index (κ2) is 15.0. The molecule has 2 fully saturated rings. The van der Waals surface area contributed by atoms with Crippen LogP contribution in [-0.4, -0.2) is 73.9 Å². The highest BCUT2D eigenvalue weighted by Gasteiger charge is 2.29. The number of pyridine rings is 1. The number of aromatic nitrogens is 1. The molecule has 3 N–H and O–H groups in total. The van der Waals surface area contributed by atoms with Gasteiger partial charge in [-0.05, 0) is 46.2 Å². The number of nitrogens with one attached hydrogen (secondary N) is 3. The van der Waals surface area contributed by atoms with Crippen molar-refractivity contribution in [3.63, 3.8) is 0 Å². The van der Waals surface area contributed by atoms with Crippen molar-refractivity contribution in [3.8, 4) is 16.9 Å². The quantitative estimate of drug-likeness (QED) is 0.144. The van der Waals surface area contributed by atoms with Gasteiger partial charge in [-0.3, -0.25) is 19.5 Å². The van der Waals surface area contributed by atoms with Crippen molar-refractivity contribution in [2.24, 2.45) is 0 Å². The van der Waals surface area contributed by atoms with Crippen LogP contribution in [0.15, 0.2) is 76.4 Å². The molecule has 2 amide bonds. The summed E-state index contributed by atoms with van der Waals surface area (Å²) in [7, 11) is 1.52. The summed E-state index contributed by atoms with van der Waals surface area (Å²) in [5, 5.41) is 11.1.